The molecule has 0 saturated heterocycles. The Morgan fingerprint density at radius 3 is 2.76 bits per heavy atom. The molecule has 0 bridgehead atoms. The van der Waals surface area contributed by atoms with Crippen molar-refractivity contribution < 1.29 is 13.9 Å². The van der Waals surface area contributed by atoms with Gasteiger partial charge in [-0.3, -0.25) is 4.79 Å². The molecule has 0 spiro atoms. The maximum absolute atomic E-state index is 12.1. The molecule has 21 heavy (non-hydrogen) atoms. The predicted molar refractivity (Wildman–Crippen MR) is 81.1 cm³/mol. The van der Waals surface area contributed by atoms with Gasteiger partial charge in [0.2, 0.25) is 5.76 Å². The van der Waals surface area contributed by atoms with Crippen LogP contribution in [0.2, 0.25) is 0 Å². The van der Waals surface area contributed by atoms with Gasteiger partial charge in [0.05, 0.1) is 18.2 Å². The third-order valence-electron chi connectivity index (χ3n) is 2.87. The topological polar surface area (TPSA) is 64.4 Å². The van der Waals surface area contributed by atoms with Crippen molar-refractivity contribution in [2.75, 3.05) is 11.9 Å². The molecule has 5 nitrogen and oxygen atoms in total. The third-order valence-corrected chi connectivity index (χ3v) is 3.16. The molecule has 1 heterocycles. The number of nitrogens with zero attached hydrogens (tertiary/aromatic N) is 1. The van der Waals surface area contributed by atoms with Crippen LogP contribution < -0.4 is 10.1 Å². The molecule has 1 amide bonds. The van der Waals surface area contributed by atoms with E-state index in [-0.39, 0.29) is 11.7 Å². The van der Waals surface area contributed by atoms with Gasteiger partial charge in [-0.15, -0.1) is 11.6 Å². The van der Waals surface area contributed by atoms with Crippen LogP contribution in [0.5, 0.6) is 5.75 Å². The van der Waals surface area contributed by atoms with Crippen LogP contribution in [0.15, 0.2) is 22.6 Å². The molecule has 0 aliphatic carbocycles. The lowest BCUT2D eigenvalue weighted by molar-refractivity contribution is 0.0994. The Balaban J connectivity index is 2.19. The fourth-order valence-electron chi connectivity index (χ4n) is 1.99. The van der Waals surface area contributed by atoms with Crippen molar-refractivity contribution in [3.8, 4) is 5.75 Å². The molecule has 0 aliphatic rings. The number of ether oxygens (including phenoxy) is 1. The lowest BCUT2D eigenvalue weighted by atomic mass is 10.2. The number of hydrogen-bond donors (Lipinski definition) is 1. The number of aromatic nitrogens is 1. The van der Waals surface area contributed by atoms with Crippen molar-refractivity contribution >= 4 is 23.2 Å². The van der Waals surface area contributed by atoms with E-state index in [9.17, 15) is 4.79 Å². The summed E-state index contributed by atoms with van der Waals surface area (Å²) in [6.45, 7) is 5.90. The second-order valence-corrected chi connectivity index (χ2v) is 4.76. The van der Waals surface area contributed by atoms with Crippen LogP contribution in [0.1, 0.15) is 34.6 Å². The second kappa shape index (κ2) is 6.63. The molecule has 0 fully saturated rings. The summed E-state index contributed by atoms with van der Waals surface area (Å²) >= 11 is 5.90. The Bertz CT molecular complexity index is 652. The standard InChI is InChI=1S/C15H17ClN2O3/c1-4-20-13-6-5-12(7-11(13)8-16)18-15(19)14-9(2)17-10(3)21-14/h5-7H,4,8H2,1-3H3,(H,18,19). The molecule has 1 aromatic carbocycles. The van der Waals surface area contributed by atoms with Gasteiger partial charge in [-0.1, -0.05) is 0 Å². The van der Waals surface area contributed by atoms with Crippen molar-refractivity contribution in [2.45, 2.75) is 26.7 Å². The number of aryl methyl sites for hydroxylation is 2. The average molecular weight is 309 g/mol. The zero-order chi connectivity index (χ0) is 15.4. The molecular formula is C15H17ClN2O3. The third kappa shape index (κ3) is 3.55. The Morgan fingerprint density at radius 1 is 1.43 bits per heavy atom. The number of amides is 1. The number of nitrogens with one attached hydrogen (secondary N) is 1. The average Bonchev–Trinajstić information content (AvgIpc) is 2.79. The lowest BCUT2D eigenvalue weighted by Crippen LogP contribution is -2.12. The summed E-state index contributed by atoms with van der Waals surface area (Å²) in [6, 6.07) is 5.33. The Hall–Kier alpha value is -2.01. The quantitative estimate of drug-likeness (QED) is 0.856. The summed E-state index contributed by atoms with van der Waals surface area (Å²) < 4.78 is 10.8. The van der Waals surface area contributed by atoms with Gasteiger partial charge in [-0.05, 0) is 32.0 Å². The Morgan fingerprint density at radius 2 is 2.19 bits per heavy atom. The van der Waals surface area contributed by atoms with E-state index in [1.54, 1.807) is 32.0 Å². The normalized spacial score (nSPS) is 10.5. The smallest absolute Gasteiger partial charge is 0.293 e. The molecule has 2 aromatic rings. The van der Waals surface area contributed by atoms with Crippen LogP contribution in [0.4, 0.5) is 5.69 Å². The number of benzene rings is 1. The SMILES string of the molecule is CCOc1ccc(NC(=O)c2oc(C)nc2C)cc1CCl. The van der Waals surface area contributed by atoms with Crippen LogP contribution in [0, 0.1) is 13.8 Å². The molecule has 0 radical (unpaired) electrons. The van der Waals surface area contributed by atoms with E-state index in [2.05, 4.69) is 10.3 Å². The van der Waals surface area contributed by atoms with Crippen LogP contribution in [-0.4, -0.2) is 17.5 Å². The van der Waals surface area contributed by atoms with Crippen LogP contribution in [-0.2, 0) is 5.88 Å². The molecule has 1 aromatic heterocycles. The van der Waals surface area contributed by atoms with E-state index < -0.39 is 0 Å². The summed E-state index contributed by atoms with van der Waals surface area (Å²) in [6.07, 6.45) is 0. The van der Waals surface area contributed by atoms with Gasteiger partial charge < -0.3 is 14.5 Å². The van der Waals surface area contributed by atoms with Crippen molar-refractivity contribution in [2.24, 2.45) is 0 Å². The van der Waals surface area contributed by atoms with E-state index in [1.807, 2.05) is 6.92 Å². The maximum Gasteiger partial charge on any atom is 0.293 e. The van der Waals surface area contributed by atoms with Gasteiger partial charge >= 0.3 is 0 Å². The highest BCUT2D eigenvalue weighted by Crippen LogP contribution is 2.25. The fourth-order valence-corrected chi connectivity index (χ4v) is 2.20. The molecule has 2 rings (SSSR count). The zero-order valence-corrected chi connectivity index (χ0v) is 13.0. The minimum Gasteiger partial charge on any atom is -0.494 e. The largest absolute Gasteiger partial charge is 0.494 e. The monoisotopic (exact) mass is 308 g/mol. The molecule has 6 heteroatoms. The van der Waals surface area contributed by atoms with Crippen molar-refractivity contribution in [3.63, 3.8) is 0 Å². The number of hydrogen-bond acceptors (Lipinski definition) is 4. The first-order valence-electron chi connectivity index (χ1n) is 6.62. The minimum absolute atomic E-state index is 0.216. The van der Waals surface area contributed by atoms with Gasteiger partial charge in [0.15, 0.2) is 5.89 Å². The first kappa shape index (κ1) is 15.4. The first-order valence-corrected chi connectivity index (χ1v) is 7.15. The number of oxazole rings is 1. The molecule has 0 saturated carbocycles. The number of alkyl halides is 1. The molecule has 0 aliphatic heterocycles. The van der Waals surface area contributed by atoms with Gasteiger partial charge in [0.1, 0.15) is 5.75 Å². The van der Waals surface area contributed by atoms with Crippen LogP contribution >= 0.6 is 11.6 Å². The minimum atomic E-state index is -0.335. The molecule has 1 N–H and O–H groups in total. The molecule has 112 valence electrons. The summed E-state index contributed by atoms with van der Waals surface area (Å²) in [7, 11) is 0. The highest BCUT2D eigenvalue weighted by atomic mass is 35.5. The van der Waals surface area contributed by atoms with Crippen molar-refractivity contribution in [3.05, 3.63) is 41.1 Å². The van der Waals surface area contributed by atoms with Gasteiger partial charge in [0, 0.05) is 18.2 Å². The van der Waals surface area contributed by atoms with Gasteiger partial charge in [-0.2, -0.15) is 0 Å². The van der Waals surface area contributed by atoms with Crippen molar-refractivity contribution in [1.82, 2.24) is 4.98 Å². The van der Waals surface area contributed by atoms with E-state index in [1.165, 1.54) is 0 Å². The number of halogens is 1. The van der Waals surface area contributed by atoms with Crippen molar-refractivity contribution in [1.29, 1.82) is 0 Å². The summed E-state index contributed by atoms with van der Waals surface area (Å²) in [4.78, 5) is 16.2. The molecular weight excluding hydrogens is 292 g/mol. The second-order valence-electron chi connectivity index (χ2n) is 4.49. The Labute approximate surface area is 128 Å². The van der Waals surface area contributed by atoms with Crippen LogP contribution in [0.25, 0.3) is 0 Å². The van der Waals surface area contributed by atoms with Crippen LogP contribution in [0.3, 0.4) is 0 Å². The first-order chi connectivity index (χ1) is 10.0. The van der Waals surface area contributed by atoms with E-state index in [0.717, 1.165) is 11.3 Å². The summed E-state index contributed by atoms with van der Waals surface area (Å²) in [5.41, 5.74) is 2.02. The summed E-state index contributed by atoms with van der Waals surface area (Å²) in [5.74, 6) is 1.37. The number of carbonyl (C=O) groups excluding carboxylic acids is 1. The molecule has 0 unspecified atom stereocenters. The Kier molecular flexibility index (Phi) is 4.85. The fraction of sp³-hybridized carbons (Fsp3) is 0.333. The van der Waals surface area contributed by atoms with Gasteiger partial charge in [-0.25, -0.2) is 4.98 Å². The maximum atomic E-state index is 12.1. The van der Waals surface area contributed by atoms with E-state index in [0.29, 0.717) is 29.8 Å². The number of anilines is 1. The van der Waals surface area contributed by atoms with E-state index >= 15 is 0 Å². The zero-order valence-electron chi connectivity index (χ0n) is 12.2. The molecule has 0 atom stereocenters. The number of rotatable bonds is 5. The summed E-state index contributed by atoms with van der Waals surface area (Å²) in [5, 5.41) is 2.77. The highest BCUT2D eigenvalue weighted by molar-refractivity contribution is 6.17. The van der Waals surface area contributed by atoms with E-state index in [4.69, 9.17) is 20.8 Å². The lowest BCUT2D eigenvalue weighted by Gasteiger charge is -2.10. The van der Waals surface area contributed by atoms with Gasteiger partial charge in [0.25, 0.3) is 5.91 Å². The predicted octanol–water partition coefficient (Wildman–Crippen LogP) is 3.68. The highest BCUT2D eigenvalue weighted by Gasteiger charge is 2.16. The number of carbonyl (C=O) groups is 1.